The van der Waals surface area contributed by atoms with Gasteiger partial charge in [0.15, 0.2) is 0 Å². The second kappa shape index (κ2) is 6.42. The first kappa shape index (κ1) is 17.1. The Morgan fingerprint density at radius 1 is 1.04 bits per heavy atom. The Hall–Kier alpha value is -3.35. The summed E-state index contributed by atoms with van der Waals surface area (Å²) in [7, 11) is 3.45. The number of imidazole rings is 1. The number of nitrogens with zero attached hydrogens (tertiary/aromatic N) is 4. The Morgan fingerprint density at radius 2 is 1.74 bits per heavy atom. The molecule has 1 amide bonds. The molecule has 0 unspecified atom stereocenters. The molecule has 0 saturated heterocycles. The molecule has 138 valence electrons. The lowest BCUT2D eigenvalue weighted by molar-refractivity contribution is 0.102. The third kappa shape index (κ3) is 3.01. The molecule has 2 heterocycles. The minimum Gasteiger partial charge on any atom is -0.322 e. The Balaban J connectivity index is 1.54. The quantitative estimate of drug-likeness (QED) is 0.778. The summed E-state index contributed by atoms with van der Waals surface area (Å²) in [5, 5.41) is 9.31. The first-order chi connectivity index (χ1) is 12.9. The van der Waals surface area contributed by atoms with E-state index in [1.54, 1.807) is 41.4 Å². The summed E-state index contributed by atoms with van der Waals surface area (Å²) in [5.41, 5.74) is 4.82. The first-order valence-corrected chi connectivity index (χ1v) is 8.82. The van der Waals surface area contributed by atoms with Crippen LogP contribution in [0.15, 0.2) is 52.4 Å². The zero-order valence-electron chi connectivity index (χ0n) is 15.6. The number of hydrazone groups is 1. The third-order valence-electron chi connectivity index (χ3n) is 4.93. The molecule has 7 nitrogen and oxygen atoms in total. The van der Waals surface area contributed by atoms with Gasteiger partial charge in [0.2, 0.25) is 0 Å². The molecular weight excluding hydrogens is 342 g/mol. The highest BCUT2D eigenvalue weighted by atomic mass is 16.2. The number of amides is 1. The van der Waals surface area contributed by atoms with E-state index in [0.29, 0.717) is 11.3 Å². The molecule has 1 N–H and O–H groups in total. The number of rotatable bonds is 3. The van der Waals surface area contributed by atoms with E-state index in [1.807, 2.05) is 36.2 Å². The highest BCUT2D eigenvalue weighted by Crippen LogP contribution is 2.21. The van der Waals surface area contributed by atoms with Gasteiger partial charge in [0, 0.05) is 44.0 Å². The Morgan fingerprint density at radius 3 is 2.41 bits per heavy atom. The number of carbonyl (C=O) groups is 1. The average molecular weight is 363 g/mol. The maximum absolute atomic E-state index is 12.6. The van der Waals surface area contributed by atoms with Gasteiger partial charge in [-0.15, -0.1) is 0 Å². The van der Waals surface area contributed by atoms with E-state index in [0.717, 1.165) is 35.4 Å². The minimum atomic E-state index is -0.192. The molecule has 0 bridgehead atoms. The van der Waals surface area contributed by atoms with Crippen molar-refractivity contribution in [3.05, 3.63) is 58.5 Å². The Kier molecular flexibility index (Phi) is 4.07. The summed E-state index contributed by atoms with van der Waals surface area (Å²) in [6.45, 7) is 2.88. The molecule has 1 aliphatic heterocycles. The molecule has 1 aliphatic rings. The molecular formula is C20H21N5O2. The van der Waals surface area contributed by atoms with Crippen LogP contribution in [0, 0.1) is 0 Å². The number of nitrogens with one attached hydrogen (secondary N) is 1. The van der Waals surface area contributed by atoms with Crippen molar-refractivity contribution < 1.29 is 4.79 Å². The standard InChI is InChI=1S/C20H21N5O2/c1-13-10-11-25(22-13)16-7-4-14(5-8-16)19(26)21-15-6-9-17-18(12-15)24(3)20(27)23(17)2/h4-9,12H,10-11H2,1-3H3,(H,21,26). The van der Waals surface area contributed by atoms with Crippen molar-refractivity contribution in [2.75, 3.05) is 16.9 Å². The fourth-order valence-electron chi connectivity index (χ4n) is 3.33. The van der Waals surface area contributed by atoms with E-state index in [4.69, 9.17) is 0 Å². The Bertz CT molecular complexity index is 1120. The van der Waals surface area contributed by atoms with Crippen molar-refractivity contribution in [2.45, 2.75) is 13.3 Å². The van der Waals surface area contributed by atoms with Gasteiger partial charge in [0.1, 0.15) is 0 Å². The van der Waals surface area contributed by atoms with Gasteiger partial charge in [-0.05, 0) is 49.4 Å². The first-order valence-electron chi connectivity index (χ1n) is 8.82. The summed E-state index contributed by atoms with van der Waals surface area (Å²) in [4.78, 5) is 24.6. The van der Waals surface area contributed by atoms with Crippen LogP contribution in [-0.4, -0.2) is 27.3 Å². The fraction of sp³-hybridized carbons (Fsp3) is 0.250. The summed E-state index contributed by atoms with van der Waals surface area (Å²) in [5.74, 6) is -0.192. The number of benzene rings is 2. The summed E-state index contributed by atoms with van der Waals surface area (Å²) in [6.07, 6.45) is 0.965. The normalized spacial score (nSPS) is 13.9. The topological polar surface area (TPSA) is 71.6 Å². The van der Waals surface area contributed by atoms with Gasteiger partial charge in [0.05, 0.1) is 16.7 Å². The van der Waals surface area contributed by atoms with E-state index in [2.05, 4.69) is 10.4 Å². The van der Waals surface area contributed by atoms with Crippen LogP contribution in [0.5, 0.6) is 0 Å². The van der Waals surface area contributed by atoms with Crippen LogP contribution < -0.4 is 16.0 Å². The van der Waals surface area contributed by atoms with Crippen molar-refractivity contribution in [2.24, 2.45) is 19.2 Å². The molecule has 0 saturated carbocycles. The number of fused-ring (bicyclic) bond motifs is 1. The maximum Gasteiger partial charge on any atom is 0.328 e. The molecule has 0 radical (unpaired) electrons. The maximum atomic E-state index is 12.6. The highest BCUT2D eigenvalue weighted by Gasteiger charge is 2.14. The second-order valence-corrected chi connectivity index (χ2v) is 6.81. The molecule has 0 aliphatic carbocycles. The number of aryl methyl sites for hydroxylation is 2. The largest absolute Gasteiger partial charge is 0.328 e. The minimum absolute atomic E-state index is 0.0936. The summed E-state index contributed by atoms with van der Waals surface area (Å²) in [6, 6.07) is 12.8. The SMILES string of the molecule is CC1=NN(c2ccc(C(=O)Nc3ccc4c(c3)n(C)c(=O)n4C)cc2)CC1. The molecule has 0 fully saturated rings. The van der Waals surface area contributed by atoms with Gasteiger partial charge >= 0.3 is 5.69 Å². The molecule has 4 rings (SSSR count). The van der Waals surface area contributed by atoms with Crippen molar-refractivity contribution in [1.82, 2.24) is 9.13 Å². The monoisotopic (exact) mass is 363 g/mol. The predicted octanol–water partition coefficient (Wildman–Crippen LogP) is 2.72. The Labute approximate surface area is 156 Å². The van der Waals surface area contributed by atoms with Crippen LogP contribution in [0.2, 0.25) is 0 Å². The van der Waals surface area contributed by atoms with Gasteiger partial charge in [-0.2, -0.15) is 5.10 Å². The van der Waals surface area contributed by atoms with Crippen LogP contribution in [0.1, 0.15) is 23.7 Å². The fourth-order valence-corrected chi connectivity index (χ4v) is 3.33. The van der Waals surface area contributed by atoms with Gasteiger partial charge in [0.25, 0.3) is 5.91 Å². The second-order valence-electron chi connectivity index (χ2n) is 6.81. The van der Waals surface area contributed by atoms with Crippen LogP contribution in [-0.2, 0) is 14.1 Å². The zero-order valence-corrected chi connectivity index (χ0v) is 15.6. The lowest BCUT2D eigenvalue weighted by Crippen LogP contribution is -2.19. The molecule has 3 aromatic rings. The number of anilines is 2. The lowest BCUT2D eigenvalue weighted by atomic mass is 10.1. The molecule has 27 heavy (non-hydrogen) atoms. The molecule has 0 spiro atoms. The van der Waals surface area contributed by atoms with Crippen molar-refractivity contribution in [3.63, 3.8) is 0 Å². The lowest BCUT2D eigenvalue weighted by Gasteiger charge is -2.14. The van der Waals surface area contributed by atoms with Gasteiger partial charge < -0.3 is 5.32 Å². The molecule has 0 atom stereocenters. The van der Waals surface area contributed by atoms with E-state index in [-0.39, 0.29) is 11.6 Å². The van der Waals surface area contributed by atoms with Crippen LogP contribution >= 0.6 is 0 Å². The number of hydrogen-bond acceptors (Lipinski definition) is 4. The van der Waals surface area contributed by atoms with Crippen molar-refractivity contribution in [3.8, 4) is 0 Å². The molecule has 2 aromatic carbocycles. The zero-order chi connectivity index (χ0) is 19.1. The van der Waals surface area contributed by atoms with Crippen LogP contribution in [0.25, 0.3) is 11.0 Å². The predicted molar refractivity (Wildman–Crippen MR) is 108 cm³/mol. The van der Waals surface area contributed by atoms with E-state index < -0.39 is 0 Å². The average Bonchev–Trinajstić information content (AvgIpc) is 3.20. The van der Waals surface area contributed by atoms with Crippen LogP contribution in [0.4, 0.5) is 11.4 Å². The third-order valence-corrected chi connectivity index (χ3v) is 4.93. The number of aromatic nitrogens is 2. The smallest absolute Gasteiger partial charge is 0.322 e. The number of carbonyl (C=O) groups excluding carboxylic acids is 1. The van der Waals surface area contributed by atoms with E-state index >= 15 is 0 Å². The van der Waals surface area contributed by atoms with Crippen molar-refractivity contribution in [1.29, 1.82) is 0 Å². The highest BCUT2D eigenvalue weighted by molar-refractivity contribution is 6.05. The van der Waals surface area contributed by atoms with Gasteiger partial charge in [-0.1, -0.05) is 0 Å². The van der Waals surface area contributed by atoms with Crippen molar-refractivity contribution >= 4 is 34.0 Å². The summed E-state index contributed by atoms with van der Waals surface area (Å²) >= 11 is 0. The van der Waals surface area contributed by atoms with Crippen LogP contribution in [0.3, 0.4) is 0 Å². The van der Waals surface area contributed by atoms with Gasteiger partial charge in [-0.25, -0.2) is 4.79 Å². The summed E-state index contributed by atoms with van der Waals surface area (Å²) < 4.78 is 3.15. The van der Waals surface area contributed by atoms with E-state index in [9.17, 15) is 9.59 Å². The molecule has 7 heteroatoms. The number of hydrogen-bond donors (Lipinski definition) is 1. The van der Waals surface area contributed by atoms with E-state index in [1.165, 1.54) is 0 Å². The molecule has 1 aromatic heterocycles. The van der Waals surface area contributed by atoms with Gasteiger partial charge in [-0.3, -0.25) is 18.9 Å².